The van der Waals surface area contributed by atoms with Crippen LogP contribution in [0.15, 0.2) is 33.3 Å². The summed E-state index contributed by atoms with van der Waals surface area (Å²) < 4.78 is 13.1. The first kappa shape index (κ1) is 15.1. The van der Waals surface area contributed by atoms with Gasteiger partial charge < -0.3 is 8.83 Å². The average molecular weight is 327 g/mol. The van der Waals surface area contributed by atoms with E-state index in [1.807, 2.05) is 19.1 Å². The van der Waals surface area contributed by atoms with Gasteiger partial charge in [0.25, 0.3) is 5.89 Å². The number of rotatable bonds is 5. The predicted molar refractivity (Wildman–Crippen MR) is 87.1 cm³/mol. The largest absolute Gasteiger partial charge is 0.459 e. The Labute approximate surface area is 140 Å². The first-order valence-corrected chi connectivity index (χ1v) is 8.30. The molecule has 1 fully saturated rings. The molecule has 1 atom stereocenters. The fourth-order valence-electron chi connectivity index (χ4n) is 3.36. The normalized spacial score (nSPS) is 18.5. The van der Waals surface area contributed by atoms with Gasteiger partial charge in [0.15, 0.2) is 5.76 Å². The molecular formula is C17H21N5O2. The van der Waals surface area contributed by atoms with E-state index in [9.17, 15) is 0 Å². The fraction of sp³-hybridized carbons (Fsp3) is 0.471. The van der Waals surface area contributed by atoms with E-state index in [2.05, 4.69) is 37.9 Å². The summed E-state index contributed by atoms with van der Waals surface area (Å²) in [6.07, 6.45) is 3.95. The van der Waals surface area contributed by atoms with Crippen LogP contribution in [-0.2, 0) is 13.1 Å². The Morgan fingerprint density at radius 1 is 1.29 bits per heavy atom. The SMILES string of the molecule is Cc1cc(C)n(C[C@@H]2CCCN2Cc2nnc(-c3ccco3)o2)n1. The summed E-state index contributed by atoms with van der Waals surface area (Å²) in [6, 6.07) is 6.19. The molecule has 4 rings (SSSR count). The minimum absolute atomic E-state index is 0.435. The molecule has 7 heteroatoms. The van der Waals surface area contributed by atoms with Crippen LogP contribution in [0.3, 0.4) is 0 Å². The average Bonchev–Trinajstić information content (AvgIpc) is 3.30. The van der Waals surface area contributed by atoms with E-state index in [0.717, 1.165) is 25.2 Å². The van der Waals surface area contributed by atoms with Crippen LogP contribution in [0.2, 0.25) is 0 Å². The van der Waals surface area contributed by atoms with E-state index in [-0.39, 0.29) is 0 Å². The lowest BCUT2D eigenvalue weighted by atomic mass is 10.2. The molecule has 4 heterocycles. The van der Waals surface area contributed by atoms with Crippen LogP contribution in [0.5, 0.6) is 0 Å². The van der Waals surface area contributed by atoms with Gasteiger partial charge in [-0.15, -0.1) is 10.2 Å². The Bertz CT molecular complexity index is 805. The van der Waals surface area contributed by atoms with Gasteiger partial charge in [0.05, 0.1) is 25.0 Å². The zero-order valence-electron chi connectivity index (χ0n) is 14.0. The van der Waals surface area contributed by atoms with Crippen LogP contribution in [-0.4, -0.2) is 37.5 Å². The zero-order valence-corrected chi connectivity index (χ0v) is 14.0. The van der Waals surface area contributed by atoms with Gasteiger partial charge >= 0.3 is 0 Å². The first-order chi connectivity index (χ1) is 11.7. The molecule has 0 radical (unpaired) electrons. The van der Waals surface area contributed by atoms with Gasteiger partial charge in [-0.05, 0) is 51.4 Å². The highest BCUT2D eigenvalue weighted by Crippen LogP contribution is 2.23. The first-order valence-electron chi connectivity index (χ1n) is 8.30. The Morgan fingerprint density at radius 3 is 2.96 bits per heavy atom. The number of furan rings is 1. The maximum atomic E-state index is 5.74. The van der Waals surface area contributed by atoms with Crippen molar-refractivity contribution >= 4 is 0 Å². The van der Waals surface area contributed by atoms with Crippen molar-refractivity contribution in [1.82, 2.24) is 24.9 Å². The van der Waals surface area contributed by atoms with E-state index in [0.29, 0.717) is 30.1 Å². The molecule has 0 aliphatic carbocycles. The number of hydrogen-bond donors (Lipinski definition) is 0. The third-order valence-corrected chi connectivity index (χ3v) is 4.52. The summed E-state index contributed by atoms with van der Waals surface area (Å²) in [6.45, 7) is 6.75. The molecule has 1 aliphatic rings. The van der Waals surface area contributed by atoms with Gasteiger partial charge in [-0.3, -0.25) is 9.58 Å². The van der Waals surface area contributed by atoms with Crippen LogP contribution < -0.4 is 0 Å². The van der Waals surface area contributed by atoms with Gasteiger partial charge in [0.1, 0.15) is 0 Å². The minimum atomic E-state index is 0.435. The van der Waals surface area contributed by atoms with Crippen molar-refractivity contribution in [3.63, 3.8) is 0 Å². The van der Waals surface area contributed by atoms with Crippen molar-refractivity contribution in [1.29, 1.82) is 0 Å². The zero-order chi connectivity index (χ0) is 16.5. The van der Waals surface area contributed by atoms with E-state index in [4.69, 9.17) is 8.83 Å². The lowest BCUT2D eigenvalue weighted by molar-refractivity contribution is 0.199. The molecule has 126 valence electrons. The Morgan fingerprint density at radius 2 is 2.21 bits per heavy atom. The van der Waals surface area contributed by atoms with Crippen LogP contribution in [0, 0.1) is 13.8 Å². The topological polar surface area (TPSA) is 73.1 Å². The molecule has 7 nitrogen and oxygen atoms in total. The monoisotopic (exact) mass is 327 g/mol. The number of aromatic nitrogens is 4. The Kier molecular flexibility index (Phi) is 3.93. The van der Waals surface area contributed by atoms with E-state index in [1.165, 1.54) is 12.1 Å². The maximum Gasteiger partial charge on any atom is 0.283 e. The van der Waals surface area contributed by atoms with Crippen molar-refractivity contribution in [2.24, 2.45) is 0 Å². The van der Waals surface area contributed by atoms with Gasteiger partial charge in [0.2, 0.25) is 5.89 Å². The molecule has 1 aliphatic heterocycles. The van der Waals surface area contributed by atoms with Crippen LogP contribution in [0.1, 0.15) is 30.1 Å². The fourth-order valence-corrected chi connectivity index (χ4v) is 3.36. The number of aryl methyl sites for hydroxylation is 2. The quantitative estimate of drug-likeness (QED) is 0.717. The maximum absolute atomic E-state index is 5.74. The van der Waals surface area contributed by atoms with Gasteiger partial charge in [-0.2, -0.15) is 5.10 Å². The lowest BCUT2D eigenvalue weighted by Gasteiger charge is -2.23. The molecule has 0 bridgehead atoms. The van der Waals surface area contributed by atoms with Crippen LogP contribution in [0.25, 0.3) is 11.7 Å². The molecule has 0 amide bonds. The number of likely N-dealkylation sites (tertiary alicyclic amines) is 1. The summed E-state index contributed by atoms with van der Waals surface area (Å²) in [7, 11) is 0. The second-order valence-electron chi connectivity index (χ2n) is 6.35. The smallest absolute Gasteiger partial charge is 0.283 e. The Hall–Kier alpha value is -2.41. The van der Waals surface area contributed by atoms with E-state index < -0.39 is 0 Å². The standard InChI is InChI=1S/C17H21N5O2/c1-12-9-13(2)22(20-12)10-14-5-3-7-21(14)11-16-18-19-17(24-16)15-6-4-8-23-15/h4,6,8-9,14H,3,5,7,10-11H2,1-2H3/t14-/m0/s1. The lowest BCUT2D eigenvalue weighted by Crippen LogP contribution is -2.33. The summed E-state index contributed by atoms with van der Waals surface area (Å²) in [4.78, 5) is 2.40. The molecule has 24 heavy (non-hydrogen) atoms. The molecule has 1 saturated heterocycles. The van der Waals surface area contributed by atoms with Crippen molar-refractivity contribution < 1.29 is 8.83 Å². The summed E-state index contributed by atoms with van der Waals surface area (Å²) in [5.41, 5.74) is 2.27. The van der Waals surface area contributed by atoms with Gasteiger partial charge in [-0.1, -0.05) is 0 Å². The molecule has 0 aromatic carbocycles. The van der Waals surface area contributed by atoms with Gasteiger partial charge in [0, 0.05) is 11.7 Å². The highest BCUT2D eigenvalue weighted by Gasteiger charge is 2.27. The van der Waals surface area contributed by atoms with Crippen molar-refractivity contribution in [2.45, 2.75) is 45.8 Å². The van der Waals surface area contributed by atoms with Crippen molar-refractivity contribution in [3.05, 3.63) is 41.7 Å². The molecule has 0 spiro atoms. The number of hydrogen-bond acceptors (Lipinski definition) is 6. The van der Waals surface area contributed by atoms with Crippen molar-refractivity contribution in [3.8, 4) is 11.7 Å². The molecule has 0 unspecified atom stereocenters. The predicted octanol–water partition coefficient (Wildman–Crippen LogP) is 2.81. The van der Waals surface area contributed by atoms with Crippen molar-refractivity contribution in [2.75, 3.05) is 6.54 Å². The molecular weight excluding hydrogens is 306 g/mol. The molecule has 0 N–H and O–H groups in total. The minimum Gasteiger partial charge on any atom is -0.459 e. The molecule has 3 aromatic heterocycles. The van der Waals surface area contributed by atoms with Crippen LogP contribution in [0.4, 0.5) is 0 Å². The Balaban J connectivity index is 1.44. The van der Waals surface area contributed by atoms with E-state index >= 15 is 0 Å². The van der Waals surface area contributed by atoms with Gasteiger partial charge in [-0.25, -0.2) is 0 Å². The molecule has 3 aromatic rings. The summed E-state index contributed by atoms with van der Waals surface area (Å²) in [5.74, 6) is 1.67. The van der Waals surface area contributed by atoms with E-state index in [1.54, 1.807) is 6.26 Å². The third kappa shape index (κ3) is 2.99. The highest BCUT2D eigenvalue weighted by molar-refractivity contribution is 5.42. The highest BCUT2D eigenvalue weighted by atomic mass is 16.4. The molecule has 0 saturated carbocycles. The van der Waals surface area contributed by atoms with Crippen LogP contribution >= 0.6 is 0 Å². The summed E-state index contributed by atoms with van der Waals surface area (Å²) in [5, 5.41) is 12.8. The third-order valence-electron chi connectivity index (χ3n) is 4.52. The second kappa shape index (κ2) is 6.24. The second-order valence-corrected chi connectivity index (χ2v) is 6.35. The summed E-state index contributed by atoms with van der Waals surface area (Å²) >= 11 is 0. The number of nitrogens with zero attached hydrogens (tertiary/aromatic N) is 5.